The molecule has 1 saturated heterocycles. The number of nitrogen functional groups attached to an aromatic ring is 1. The highest BCUT2D eigenvalue weighted by molar-refractivity contribution is 7.10. The van der Waals surface area contributed by atoms with Gasteiger partial charge >= 0.3 is 0 Å². The van der Waals surface area contributed by atoms with Crippen molar-refractivity contribution in [2.45, 2.75) is 25.8 Å². The van der Waals surface area contributed by atoms with Crippen LogP contribution in [-0.2, 0) is 0 Å². The van der Waals surface area contributed by atoms with Gasteiger partial charge in [0.05, 0.1) is 0 Å². The number of hydrogen-bond acceptors (Lipinski definition) is 5. The van der Waals surface area contributed by atoms with Crippen LogP contribution in [0.1, 0.15) is 25.3 Å². The number of hydrogen-bond donors (Lipinski definition) is 1. The molecule has 1 aliphatic heterocycles. The third kappa shape index (κ3) is 1.32. The van der Waals surface area contributed by atoms with Crippen molar-refractivity contribution in [2.24, 2.45) is 0 Å². The summed E-state index contributed by atoms with van der Waals surface area (Å²) in [6, 6.07) is 2.62. The molecule has 1 unspecified atom stereocenters. The highest BCUT2D eigenvalue weighted by atomic mass is 32.1. The quantitative estimate of drug-likeness (QED) is 0.761. The second-order valence-corrected chi connectivity index (χ2v) is 4.30. The van der Waals surface area contributed by atoms with Crippen LogP contribution in [0, 0.1) is 11.3 Å². The standard InChI is InChI=1S/C9H12N4S/c1-6-3-2-4-13(6)9-7(5-10)8(11)12-14-9/h6H,2-4H2,1H3,(H2,11,12). The van der Waals surface area contributed by atoms with Gasteiger partial charge in [-0.05, 0) is 31.3 Å². The molecule has 1 aliphatic rings. The molecule has 0 spiro atoms. The number of aromatic nitrogens is 1. The van der Waals surface area contributed by atoms with E-state index < -0.39 is 0 Å². The Morgan fingerprint density at radius 2 is 2.50 bits per heavy atom. The van der Waals surface area contributed by atoms with Crippen LogP contribution in [0.2, 0.25) is 0 Å². The molecule has 0 bridgehead atoms. The maximum atomic E-state index is 8.94. The Balaban J connectivity index is 2.37. The highest BCUT2D eigenvalue weighted by Gasteiger charge is 2.25. The molecule has 2 heterocycles. The smallest absolute Gasteiger partial charge is 0.157 e. The predicted octanol–water partition coefficient (Wildman–Crippen LogP) is 1.59. The van der Waals surface area contributed by atoms with Gasteiger partial charge in [0.1, 0.15) is 16.6 Å². The molecule has 0 saturated carbocycles. The molecular formula is C9H12N4S. The Morgan fingerprint density at radius 3 is 3.07 bits per heavy atom. The minimum Gasteiger partial charge on any atom is -0.382 e. The average molecular weight is 208 g/mol. The van der Waals surface area contributed by atoms with Crippen molar-refractivity contribution in [3.63, 3.8) is 0 Å². The molecule has 0 amide bonds. The van der Waals surface area contributed by atoms with Crippen LogP contribution in [0.25, 0.3) is 0 Å². The Morgan fingerprint density at radius 1 is 1.71 bits per heavy atom. The molecule has 74 valence electrons. The van der Waals surface area contributed by atoms with E-state index in [2.05, 4.69) is 22.3 Å². The molecule has 1 fully saturated rings. The van der Waals surface area contributed by atoms with Crippen LogP contribution in [0.15, 0.2) is 0 Å². The second kappa shape index (κ2) is 3.46. The van der Waals surface area contributed by atoms with Crippen molar-refractivity contribution in [3.8, 4) is 6.07 Å². The Bertz CT molecular complexity index is 379. The molecule has 1 aromatic heterocycles. The molecule has 5 heteroatoms. The van der Waals surface area contributed by atoms with Crippen molar-refractivity contribution in [1.29, 1.82) is 5.26 Å². The van der Waals surface area contributed by atoms with Crippen molar-refractivity contribution >= 4 is 22.4 Å². The largest absolute Gasteiger partial charge is 0.382 e. The summed E-state index contributed by atoms with van der Waals surface area (Å²) < 4.78 is 4.02. The predicted molar refractivity (Wildman–Crippen MR) is 57.3 cm³/mol. The first-order valence-corrected chi connectivity index (χ1v) is 5.43. The lowest BCUT2D eigenvalue weighted by molar-refractivity contribution is 0.739. The van der Waals surface area contributed by atoms with Gasteiger partial charge in [0.25, 0.3) is 0 Å². The SMILES string of the molecule is CC1CCCN1c1snc(N)c1C#N. The highest BCUT2D eigenvalue weighted by Crippen LogP contribution is 2.34. The first-order valence-electron chi connectivity index (χ1n) is 4.66. The van der Waals surface area contributed by atoms with E-state index in [4.69, 9.17) is 11.0 Å². The van der Waals surface area contributed by atoms with Gasteiger partial charge in [0.2, 0.25) is 0 Å². The van der Waals surface area contributed by atoms with Gasteiger partial charge in [0.15, 0.2) is 5.82 Å². The monoisotopic (exact) mass is 208 g/mol. The fraction of sp³-hybridized carbons (Fsp3) is 0.556. The minimum absolute atomic E-state index is 0.367. The van der Waals surface area contributed by atoms with Crippen LogP contribution >= 0.6 is 11.5 Å². The lowest BCUT2D eigenvalue weighted by atomic mass is 10.2. The lowest BCUT2D eigenvalue weighted by Crippen LogP contribution is -2.25. The first-order chi connectivity index (χ1) is 6.74. The number of nitrogens with zero attached hydrogens (tertiary/aromatic N) is 3. The summed E-state index contributed by atoms with van der Waals surface area (Å²) >= 11 is 1.33. The maximum Gasteiger partial charge on any atom is 0.157 e. The zero-order valence-corrected chi connectivity index (χ0v) is 8.84. The maximum absolute atomic E-state index is 8.94. The summed E-state index contributed by atoms with van der Waals surface area (Å²) in [5.41, 5.74) is 6.16. The summed E-state index contributed by atoms with van der Waals surface area (Å²) in [4.78, 5) is 2.23. The van der Waals surface area contributed by atoms with Crippen LogP contribution < -0.4 is 10.6 Å². The van der Waals surface area contributed by atoms with Gasteiger partial charge in [-0.3, -0.25) is 0 Å². The molecule has 1 atom stereocenters. The molecule has 0 aromatic carbocycles. The van der Waals surface area contributed by atoms with Crippen molar-refractivity contribution < 1.29 is 0 Å². The zero-order chi connectivity index (χ0) is 10.1. The van der Waals surface area contributed by atoms with Crippen LogP contribution in [0.3, 0.4) is 0 Å². The summed E-state index contributed by atoms with van der Waals surface area (Å²) in [5.74, 6) is 0.367. The topological polar surface area (TPSA) is 65.9 Å². The molecule has 0 radical (unpaired) electrons. The van der Waals surface area contributed by atoms with Crippen molar-refractivity contribution in [2.75, 3.05) is 17.2 Å². The van der Waals surface area contributed by atoms with Crippen LogP contribution in [0.5, 0.6) is 0 Å². The van der Waals surface area contributed by atoms with Gasteiger partial charge in [0, 0.05) is 12.6 Å². The van der Waals surface area contributed by atoms with E-state index in [0.29, 0.717) is 17.4 Å². The molecule has 14 heavy (non-hydrogen) atoms. The van der Waals surface area contributed by atoms with E-state index in [1.54, 1.807) is 0 Å². The molecule has 4 nitrogen and oxygen atoms in total. The molecule has 2 N–H and O–H groups in total. The van der Waals surface area contributed by atoms with Crippen molar-refractivity contribution in [1.82, 2.24) is 4.37 Å². The third-order valence-electron chi connectivity index (χ3n) is 2.63. The first kappa shape index (κ1) is 9.28. The van der Waals surface area contributed by atoms with E-state index >= 15 is 0 Å². The second-order valence-electron chi connectivity index (χ2n) is 3.54. The summed E-state index contributed by atoms with van der Waals surface area (Å²) in [6.45, 7) is 3.18. The van der Waals surface area contributed by atoms with Crippen LogP contribution in [0.4, 0.5) is 10.8 Å². The minimum atomic E-state index is 0.367. The summed E-state index contributed by atoms with van der Waals surface area (Å²) in [7, 11) is 0. The van der Waals surface area contributed by atoms with Gasteiger partial charge in [-0.2, -0.15) is 9.64 Å². The van der Waals surface area contributed by atoms with E-state index in [1.807, 2.05) is 0 Å². The summed E-state index contributed by atoms with van der Waals surface area (Å²) in [5, 5.41) is 9.88. The van der Waals surface area contributed by atoms with Gasteiger partial charge in [-0.15, -0.1) is 0 Å². The normalized spacial score (nSPS) is 21.1. The number of nitriles is 1. The van der Waals surface area contributed by atoms with Crippen LogP contribution in [-0.4, -0.2) is 17.0 Å². The fourth-order valence-corrected chi connectivity index (χ4v) is 2.72. The van der Waals surface area contributed by atoms with Gasteiger partial charge < -0.3 is 10.6 Å². The van der Waals surface area contributed by atoms with Gasteiger partial charge in [-0.25, -0.2) is 0 Å². The van der Waals surface area contributed by atoms with E-state index in [9.17, 15) is 0 Å². The summed E-state index contributed by atoms with van der Waals surface area (Å²) in [6.07, 6.45) is 2.37. The fourth-order valence-electron chi connectivity index (χ4n) is 1.83. The van der Waals surface area contributed by atoms with E-state index in [1.165, 1.54) is 24.4 Å². The number of rotatable bonds is 1. The molecule has 1 aromatic rings. The lowest BCUT2D eigenvalue weighted by Gasteiger charge is -2.21. The van der Waals surface area contributed by atoms with Crippen molar-refractivity contribution in [3.05, 3.63) is 5.56 Å². The third-order valence-corrected chi connectivity index (χ3v) is 3.53. The molecule has 0 aliphatic carbocycles. The van der Waals surface area contributed by atoms with E-state index in [-0.39, 0.29) is 0 Å². The van der Waals surface area contributed by atoms with Gasteiger partial charge in [-0.1, -0.05) is 0 Å². The Labute approximate surface area is 87.1 Å². The molecule has 2 rings (SSSR count). The molecular weight excluding hydrogens is 196 g/mol. The Kier molecular flexibility index (Phi) is 2.30. The average Bonchev–Trinajstić information content (AvgIpc) is 2.71. The van der Waals surface area contributed by atoms with E-state index in [0.717, 1.165) is 11.5 Å². The number of nitrogens with two attached hydrogens (primary N) is 1. The number of anilines is 2. The Hall–Kier alpha value is -1.28. The zero-order valence-electron chi connectivity index (χ0n) is 8.03.